The van der Waals surface area contributed by atoms with Gasteiger partial charge >= 0.3 is 0 Å². The molecule has 0 fully saturated rings. The highest BCUT2D eigenvalue weighted by molar-refractivity contribution is 8.87. The third-order valence-electron chi connectivity index (χ3n) is 1.14. The Morgan fingerprint density at radius 1 is 1.64 bits per heavy atom. The molecule has 0 bridgehead atoms. The van der Waals surface area contributed by atoms with Gasteiger partial charge < -0.3 is 11.1 Å². The molecule has 0 aliphatic carbocycles. The Labute approximate surface area is 74.8 Å². The van der Waals surface area contributed by atoms with Gasteiger partial charge in [0, 0.05) is 6.54 Å². The van der Waals surface area contributed by atoms with Crippen molar-refractivity contribution in [3.63, 3.8) is 0 Å². The lowest BCUT2D eigenvalue weighted by molar-refractivity contribution is 0.836. The molecule has 0 spiro atoms. The van der Waals surface area contributed by atoms with Crippen molar-refractivity contribution in [2.75, 3.05) is 24.8 Å². The zero-order chi connectivity index (χ0) is 8.91. The molecule has 0 saturated heterocycles. The van der Waals surface area contributed by atoms with Gasteiger partial charge in [-0.2, -0.15) is 0 Å². The molecule has 3 nitrogen and oxygen atoms in total. The Hall–Kier alpha value is -0.0300. The third-order valence-corrected chi connectivity index (χ3v) is 2.97. The van der Waals surface area contributed by atoms with Crippen LogP contribution >= 0.6 is 20.7 Å². The highest BCUT2D eigenvalue weighted by Crippen LogP contribution is 2.44. The summed E-state index contributed by atoms with van der Waals surface area (Å²) < 4.78 is 0. The van der Waals surface area contributed by atoms with Crippen LogP contribution in [0.2, 0.25) is 0 Å². The van der Waals surface area contributed by atoms with Crippen molar-refractivity contribution in [1.82, 2.24) is 5.32 Å². The summed E-state index contributed by atoms with van der Waals surface area (Å²) in [5, 5.41) is 9.64. The monoisotopic (exact) mass is 195 g/mol. The molecule has 5 heteroatoms. The smallest absolute Gasteiger partial charge is 0.185 e. The van der Waals surface area contributed by atoms with Crippen LogP contribution in [0.15, 0.2) is 0 Å². The van der Waals surface area contributed by atoms with E-state index in [2.05, 4.69) is 29.5 Å². The van der Waals surface area contributed by atoms with E-state index in [1.54, 1.807) is 0 Å². The summed E-state index contributed by atoms with van der Waals surface area (Å²) in [7, 11) is -0.679. The zero-order valence-electron chi connectivity index (χ0n) is 7.05. The average Bonchev–Trinajstić information content (AvgIpc) is 1.78. The molecule has 0 atom stereocenters. The van der Waals surface area contributed by atoms with Crippen LogP contribution in [0.25, 0.3) is 0 Å². The first kappa shape index (κ1) is 11.0. The second-order valence-electron chi connectivity index (χ2n) is 2.88. The van der Waals surface area contributed by atoms with Crippen LogP contribution in [0.3, 0.4) is 0 Å². The van der Waals surface area contributed by atoms with Gasteiger partial charge in [0.2, 0.25) is 0 Å². The number of hydrogen-bond donors (Lipinski definition) is 4. The summed E-state index contributed by atoms with van der Waals surface area (Å²) in [5.74, 6) is 1.16. The fourth-order valence-electron chi connectivity index (χ4n) is 0.648. The highest BCUT2D eigenvalue weighted by Gasteiger charge is 2.03. The molecule has 0 saturated carbocycles. The second-order valence-corrected chi connectivity index (χ2v) is 9.21. The Balaban J connectivity index is 3.22. The SMILES string of the molecule is CS(C)(S)CCCNC(=N)N. The van der Waals surface area contributed by atoms with Crippen molar-refractivity contribution in [2.45, 2.75) is 6.42 Å². The maximum Gasteiger partial charge on any atom is 0.185 e. The predicted molar refractivity (Wildman–Crippen MR) is 57.8 cm³/mol. The molecule has 0 aliphatic rings. The summed E-state index contributed by atoms with van der Waals surface area (Å²) >= 11 is 4.45. The van der Waals surface area contributed by atoms with Gasteiger partial charge in [0.25, 0.3) is 0 Å². The molecule has 0 rings (SSSR count). The van der Waals surface area contributed by atoms with E-state index in [9.17, 15) is 0 Å². The van der Waals surface area contributed by atoms with Crippen LogP contribution in [-0.2, 0) is 0 Å². The molecule has 0 aromatic carbocycles. The quantitative estimate of drug-likeness (QED) is 0.176. The maximum atomic E-state index is 6.88. The van der Waals surface area contributed by atoms with E-state index in [-0.39, 0.29) is 5.96 Å². The molecule has 0 radical (unpaired) electrons. The molecule has 68 valence electrons. The minimum Gasteiger partial charge on any atom is -0.370 e. The van der Waals surface area contributed by atoms with Crippen molar-refractivity contribution >= 4 is 26.7 Å². The molecular weight excluding hydrogens is 178 g/mol. The zero-order valence-corrected chi connectivity index (χ0v) is 8.77. The van der Waals surface area contributed by atoms with Crippen molar-refractivity contribution in [3.8, 4) is 0 Å². The van der Waals surface area contributed by atoms with E-state index in [1.165, 1.54) is 0 Å². The van der Waals surface area contributed by atoms with E-state index in [0.29, 0.717) is 0 Å². The molecule has 0 heterocycles. The van der Waals surface area contributed by atoms with Crippen LogP contribution in [0.5, 0.6) is 0 Å². The maximum absolute atomic E-state index is 6.88. The fourth-order valence-corrected chi connectivity index (χ4v) is 1.89. The molecule has 0 aromatic rings. The van der Waals surface area contributed by atoms with Crippen LogP contribution in [0.4, 0.5) is 0 Å². The van der Waals surface area contributed by atoms with E-state index in [4.69, 9.17) is 11.1 Å². The van der Waals surface area contributed by atoms with Crippen molar-refractivity contribution < 1.29 is 0 Å². The minimum absolute atomic E-state index is 0.0528. The lowest BCUT2D eigenvalue weighted by atomic mass is 10.5. The Kier molecular flexibility index (Phi) is 4.76. The number of thiol groups is 1. The molecular formula is C6H17N3S2. The van der Waals surface area contributed by atoms with E-state index < -0.39 is 9.06 Å². The second kappa shape index (κ2) is 4.77. The first-order valence-corrected chi connectivity index (χ1v) is 7.10. The summed E-state index contributed by atoms with van der Waals surface area (Å²) in [6, 6.07) is 0. The number of nitrogens with two attached hydrogens (primary N) is 1. The fraction of sp³-hybridized carbons (Fsp3) is 0.833. The lowest BCUT2D eigenvalue weighted by Gasteiger charge is -2.23. The van der Waals surface area contributed by atoms with Gasteiger partial charge in [-0.05, 0) is 24.7 Å². The van der Waals surface area contributed by atoms with Gasteiger partial charge in [-0.3, -0.25) is 5.41 Å². The van der Waals surface area contributed by atoms with Gasteiger partial charge in [0.1, 0.15) is 0 Å². The Morgan fingerprint density at radius 3 is 2.55 bits per heavy atom. The van der Waals surface area contributed by atoms with Gasteiger partial charge in [0.15, 0.2) is 5.96 Å². The normalized spacial score (nSPS) is 12.6. The van der Waals surface area contributed by atoms with E-state index >= 15 is 0 Å². The number of rotatable bonds is 4. The number of nitrogens with one attached hydrogen (secondary N) is 2. The van der Waals surface area contributed by atoms with Gasteiger partial charge in [-0.15, -0.1) is 11.7 Å². The summed E-state index contributed by atoms with van der Waals surface area (Å²) in [6.07, 6.45) is 5.35. The van der Waals surface area contributed by atoms with Crippen molar-refractivity contribution in [2.24, 2.45) is 5.73 Å². The average molecular weight is 195 g/mol. The van der Waals surface area contributed by atoms with Crippen molar-refractivity contribution in [1.29, 1.82) is 5.41 Å². The largest absolute Gasteiger partial charge is 0.370 e. The lowest BCUT2D eigenvalue weighted by Crippen LogP contribution is -2.31. The minimum atomic E-state index is -0.679. The van der Waals surface area contributed by atoms with Gasteiger partial charge in [-0.25, -0.2) is 9.06 Å². The van der Waals surface area contributed by atoms with Crippen LogP contribution < -0.4 is 11.1 Å². The summed E-state index contributed by atoms with van der Waals surface area (Å²) in [6.45, 7) is 0.784. The highest BCUT2D eigenvalue weighted by atomic mass is 33.1. The molecule has 0 unspecified atom stereocenters. The molecule has 0 aromatic heterocycles. The topological polar surface area (TPSA) is 61.9 Å². The summed E-state index contributed by atoms with van der Waals surface area (Å²) in [5.41, 5.74) is 5.10. The molecule has 4 N–H and O–H groups in total. The molecule has 0 aliphatic heterocycles. The first-order chi connectivity index (χ1) is 4.92. The standard InChI is InChI=1S/C6H17N3S2/c1-11(2,10)5-3-4-9-6(7)8/h10H,3-5H2,1-2H3,(H4,7,8,9). The third kappa shape index (κ3) is 9.97. The first-order valence-electron chi connectivity index (χ1n) is 3.43. The van der Waals surface area contributed by atoms with Crippen LogP contribution in [0, 0.1) is 5.41 Å². The number of hydrogen-bond acceptors (Lipinski definition) is 2. The van der Waals surface area contributed by atoms with Gasteiger partial charge in [0.05, 0.1) is 0 Å². The van der Waals surface area contributed by atoms with E-state index in [1.807, 2.05) is 0 Å². The van der Waals surface area contributed by atoms with Crippen molar-refractivity contribution in [3.05, 3.63) is 0 Å². The van der Waals surface area contributed by atoms with Gasteiger partial charge in [-0.1, -0.05) is 0 Å². The van der Waals surface area contributed by atoms with Crippen LogP contribution in [0.1, 0.15) is 6.42 Å². The predicted octanol–water partition coefficient (Wildman–Crippen LogP) is 0.769. The molecule has 11 heavy (non-hydrogen) atoms. The Bertz CT molecular complexity index is 130. The van der Waals surface area contributed by atoms with Crippen LogP contribution in [-0.4, -0.2) is 30.8 Å². The summed E-state index contributed by atoms with van der Waals surface area (Å²) in [4.78, 5) is 0. The van der Waals surface area contributed by atoms with E-state index in [0.717, 1.165) is 18.7 Å². The number of guanidine groups is 1. The molecule has 0 amide bonds. The Morgan fingerprint density at radius 2 is 2.18 bits per heavy atom.